The summed E-state index contributed by atoms with van der Waals surface area (Å²) in [5.41, 5.74) is 5.61. The lowest BCUT2D eigenvalue weighted by molar-refractivity contribution is 0.240. The molecule has 0 bridgehead atoms. The molecule has 0 saturated heterocycles. The Kier molecular flexibility index (Phi) is 5.05. The van der Waals surface area contributed by atoms with Crippen LogP contribution in [0.2, 0.25) is 0 Å². The van der Waals surface area contributed by atoms with Crippen LogP contribution in [0.3, 0.4) is 0 Å². The van der Waals surface area contributed by atoms with Gasteiger partial charge < -0.3 is 5.73 Å². The summed E-state index contributed by atoms with van der Waals surface area (Å²) in [6.07, 6.45) is 3.13. The fourth-order valence-electron chi connectivity index (χ4n) is 1.49. The van der Waals surface area contributed by atoms with Crippen LogP contribution in [0.4, 0.5) is 5.13 Å². The molecule has 3 nitrogen and oxygen atoms in total. The summed E-state index contributed by atoms with van der Waals surface area (Å²) in [5, 5.41) is 0.671. The summed E-state index contributed by atoms with van der Waals surface area (Å²) in [5.74, 6) is 0.759. The number of thiazole rings is 1. The van der Waals surface area contributed by atoms with Gasteiger partial charge in [0, 0.05) is 24.2 Å². The van der Waals surface area contributed by atoms with Crippen molar-refractivity contribution in [3.63, 3.8) is 0 Å². The van der Waals surface area contributed by atoms with Crippen LogP contribution in [0.25, 0.3) is 0 Å². The third kappa shape index (κ3) is 4.18. The normalized spacial score (nSPS) is 13.3. The molecule has 0 spiro atoms. The van der Waals surface area contributed by atoms with E-state index >= 15 is 0 Å². The molecule has 0 fully saturated rings. The lowest BCUT2D eigenvalue weighted by atomic mass is 10.1. The summed E-state index contributed by atoms with van der Waals surface area (Å²) in [7, 11) is 0. The Balaban J connectivity index is 2.46. The highest BCUT2D eigenvalue weighted by Gasteiger charge is 2.09. The van der Waals surface area contributed by atoms with Crippen molar-refractivity contribution in [2.75, 3.05) is 18.8 Å². The molecule has 0 aliphatic heterocycles. The zero-order valence-corrected chi connectivity index (χ0v) is 10.7. The van der Waals surface area contributed by atoms with Gasteiger partial charge in [-0.3, -0.25) is 4.90 Å². The van der Waals surface area contributed by atoms with E-state index in [4.69, 9.17) is 5.73 Å². The average molecular weight is 227 g/mol. The molecule has 1 rings (SSSR count). The quantitative estimate of drug-likeness (QED) is 0.812. The van der Waals surface area contributed by atoms with E-state index in [1.54, 1.807) is 11.3 Å². The second kappa shape index (κ2) is 6.08. The summed E-state index contributed by atoms with van der Waals surface area (Å²) >= 11 is 1.59. The van der Waals surface area contributed by atoms with Crippen LogP contribution in [0.5, 0.6) is 0 Å². The molecule has 1 aromatic rings. The zero-order chi connectivity index (χ0) is 11.3. The maximum absolute atomic E-state index is 5.61. The fraction of sp³-hybridized carbons (Fsp3) is 0.727. The Morgan fingerprint density at radius 3 is 2.73 bits per heavy atom. The van der Waals surface area contributed by atoms with E-state index in [9.17, 15) is 0 Å². The molecule has 0 radical (unpaired) electrons. The van der Waals surface area contributed by atoms with Crippen LogP contribution < -0.4 is 5.73 Å². The summed E-state index contributed by atoms with van der Waals surface area (Å²) < 4.78 is 0. The molecular weight excluding hydrogens is 206 g/mol. The topological polar surface area (TPSA) is 42.2 Å². The monoisotopic (exact) mass is 227 g/mol. The predicted molar refractivity (Wildman–Crippen MR) is 66.9 cm³/mol. The molecule has 0 saturated carbocycles. The number of hydrogen-bond acceptors (Lipinski definition) is 4. The first kappa shape index (κ1) is 12.5. The third-order valence-electron chi connectivity index (χ3n) is 2.66. The standard InChI is InChI=1S/C11H21N3S/c1-4-9(3)7-14(5-2)8-10-6-13-11(12)15-10/h6,9H,4-5,7-8H2,1-3H3,(H2,12,13). The Bertz CT molecular complexity index is 285. The highest BCUT2D eigenvalue weighted by molar-refractivity contribution is 7.15. The van der Waals surface area contributed by atoms with E-state index in [1.807, 2.05) is 6.20 Å². The van der Waals surface area contributed by atoms with E-state index in [0.717, 1.165) is 25.6 Å². The first-order valence-electron chi connectivity index (χ1n) is 5.58. The van der Waals surface area contributed by atoms with Crippen LogP contribution in [0.15, 0.2) is 6.20 Å². The van der Waals surface area contributed by atoms with Gasteiger partial charge in [0.2, 0.25) is 0 Å². The Hall–Kier alpha value is -0.610. The molecule has 1 atom stereocenters. The molecule has 1 heterocycles. The summed E-state index contributed by atoms with van der Waals surface area (Å²) in [6.45, 7) is 9.96. The van der Waals surface area contributed by atoms with Crippen molar-refractivity contribution in [3.8, 4) is 0 Å². The minimum atomic E-state index is 0.671. The number of nitrogens with zero attached hydrogens (tertiary/aromatic N) is 2. The second-order valence-corrected chi connectivity index (χ2v) is 5.15. The molecule has 0 amide bonds. The number of nitrogen functional groups attached to an aromatic ring is 1. The Labute approximate surface area is 96.3 Å². The van der Waals surface area contributed by atoms with Crippen molar-refractivity contribution in [1.29, 1.82) is 0 Å². The third-order valence-corrected chi connectivity index (χ3v) is 3.48. The van der Waals surface area contributed by atoms with Gasteiger partial charge in [0.05, 0.1) is 0 Å². The van der Waals surface area contributed by atoms with E-state index in [-0.39, 0.29) is 0 Å². The SMILES string of the molecule is CCC(C)CN(CC)Cc1cnc(N)s1. The summed E-state index contributed by atoms with van der Waals surface area (Å²) in [4.78, 5) is 7.78. The smallest absolute Gasteiger partial charge is 0.180 e. The van der Waals surface area contributed by atoms with Gasteiger partial charge in [0.1, 0.15) is 0 Å². The van der Waals surface area contributed by atoms with Gasteiger partial charge in [-0.2, -0.15) is 0 Å². The van der Waals surface area contributed by atoms with Crippen LogP contribution in [0, 0.1) is 5.92 Å². The highest BCUT2D eigenvalue weighted by atomic mass is 32.1. The van der Waals surface area contributed by atoms with Gasteiger partial charge in [-0.15, -0.1) is 11.3 Å². The van der Waals surface area contributed by atoms with Crippen LogP contribution in [-0.4, -0.2) is 23.0 Å². The predicted octanol–water partition coefficient (Wildman–Crippen LogP) is 2.59. The molecule has 0 aliphatic rings. The molecule has 4 heteroatoms. The van der Waals surface area contributed by atoms with E-state index < -0.39 is 0 Å². The van der Waals surface area contributed by atoms with Gasteiger partial charge in [0.15, 0.2) is 5.13 Å². The van der Waals surface area contributed by atoms with Gasteiger partial charge >= 0.3 is 0 Å². The molecular formula is C11H21N3S. The average Bonchev–Trinajstić information content (AvgIpc) is 2.62. The number of anilines is 1. The number of hydrogen-bond donors (Lipinski definition) is 1. The van der Waals surface area contributed by atoms with Crippen LogP contribution in [-0.2, 0) is 6.54 Å². The Morgan fingerprint density at radius 2 is 2.27 bits per heavy atom. The molecule has 2 N–H and O–H groups in total. The van der Waals surface area contributed by atoms with Gasteiger partial charge in [0.25, 0.3) is 0 Å². The molecule has 86 valence electrons. The zero-order valence-electron chi connectivity index (χ0n) is 9.86. The first-order valence-corrected chi connectivity index (χ1v) is 6.39. The molecule has 0 aliphatic carbocycles. The van der Waals surface area contributed by atoms with Gasteiger partial charge in [-0.05, 0) is 12.5 Å². The minimum absolute atomic E-state index is 0.671. The lowest BCUT2D eigenvalue weighted by Gasteiger charge is -2.22. The summed E-state index contributed by atoms with van der Waals surface area (Å²) in [6, 6.07) is 0. The van der Waals surface area contributed by atoms with E-state index in [0.29, 0.717) is 5.13 Å². The van der Waals surface area contributed by atoms with E-state index in [1.165, 1.54) is 11.3 Å². The maximum Gasteiger partial charge on any atom is 0.180 e. The second-order valence-electron chi connectivity index (χ2n) is 4.01. The fourth-order valence-corrected chi connectivity index (χ4v) is 2.22. The molecule has 15 heavy (non-hydrogen) atoms. The molecule has 1 aromatic heterocycles. The highest BCUT2D eigenvalue weighted by Crippen LogP contribution is 2.17. The van der Waals surface area contributed by atoms with E-state index in [2.05, 4.69) is 30.7 Å². The van der Waals surface area contributed by atoms with Crippen molar-refractivity contribution in [2.45, 2.75) is 33.7 Å². The van der Waals surface area contributed by atoms with Crippen LogP contribution in [0.1, 0.15) is 32.1 Å². The van der Waals surface area contributed by atoms with Crippen molar-refractivity contribution < 1.29 is 0 Å². The van der Waals surface area contributed by atoms with Gasteiger partial charge in [-0.1, -0.05) is 27.2 Å². The van der Waals surface area contributed by atoms with Crippen molar-refractivity contribution >= 4 is 16.5 Å². The van der Waals surface area contributed by atoms with Gasteiger partial charge in [-0.25, -0.2) is 4.98 Å². The number of rotatable bonds is 6. The Morgan fingerprint density at radius 1 is 1.53 bits per heavy atom. The number of aromatic nitrogens is 1. The van der Waals surface area contributed by atoms with Crippen molar-refractivity contribution in [2.24, 2.45) is 5.92 Å². The lowest BCUT2D eigenvalue weighted by Crippen LogP contribution is -2.27. The minimum Gasteiger partial charge on any atom is -0.375 e. The largest absolute Gasteiger partial charge is 0.375 e. The molecule has 1 unspecified atom stereocenters. The van der Waals surface area contributed by atoms with Crippen LogP contribution >= 0.6 is 11.3 Å². The first-order chi connectivity index (χ1) is 7.15. The van der Waals surface area contributed by atoms with Crippen molar-refractivity contribution in [1.82, 2.24) is 9.88 Å². The van der Waals surface area contributed by atoms with Crippen molar-refractivity contribution in [3.05, 3.63) is 11.1 Å². The molecule has 0 aromatic carbocycles. The number of nitrogens with two attached hydrogens (primary N) is 1. The maximum atomic E-state index is 5.61.